The van der Waals surface area contributed by atoms with Gasteiger partial charge in [0.15, 0.2) is 0 Å². The van der Waals surface area contributed by atoms with E-state index in [1.807, 2.05) is 46.8 Å². The molecule has 2 fully saturated rings. The topological polar surface area (TPSA) is 309 Å². The van der Waals surface area contributed by atoms with E-state index in [0.717, 1.165) is 5.56 Å². The number of nitrogens with two attached hydrogens (primary N) is 1. The highest BCUT2D eigenvalue weighted by Gasteiger charge is 2.46. The van der Waals surface area contributed by atoms with Crippen molar-refractivity contribution in [3.8, 4) is 23.0 Å². The monoisotopic (exact) mass is 1080 g/mol. The van der Waals surface area contributed by atoms with Gasteiger partial charge in [-0.3, -0.25) is 38.4 Å². The van der Waals surface area contributed by atoms with E-state index in [2.05, 4.69) is 31.9 Å². The number of nitrogens with one attached hydrogen (secondary N) is 6. The standard InChI is InChI=1S/C55H81N9O13/c1-10-29(3)43-51(71)57-27-33-41(76-9)22-20-35-47(33)77-46-32(40(75-8)21-19-34(46)55(35,6)7)26-42(67)60-45(31(5)66)52(72)58-36(16-12-13-23-56)48(68)59-37(28-65)49(69)62-44(30(4)11-2)54(74)64-25-15-18-39(64)53(73)63-24-14-17-38(63)50(70)61-43/h19-22,29-31,36-39,43-45,65-66H,10-18,23-28,56H2,1-9H3,(H,57,71)(H,58,72)(H,59,68)(H,60,67)(H,61,70)(H,62,69)/t29-,30-,31+,36-,37-,38-,39-,43-,44-,45-/m0/s1. The molecule has 424 valence electrons. The number of aliphatic hydroxyl groups is 2. The fourth-order valence-electron chi connectivity index (χ4n) is 10.8. The lowest BCUT2D eigenvalue weighted by Crippen LogP contribution is -2.62. The zero-order valence-electron chi connectivity index (χ0n) is 46.0. The van der Waals surface area contributed by atoms with Crippen LogP contribution < -0.4 is 51.8 Å². The van der Waals surface area contributed by atoms with Gasteiger partial charge < -0.3 is 71.9 Å². The van der Waals surface area contributed by atoms with Crippen molar-refractivity contribution in [2.45, 2.75) is 173 Å². The van der Waals surface area contributed by atoms with Gasteiger partial charge in [-0.05, 0) is 82.4 Å². The number of ether oxygens (including phenoxy) is 3. The van der Waals surface area contributed by atoms with Crippen LogP contribution in [-0.4, -0.2) is 156 Å². The summed E-state index contributed by atoms with van der Waals surface area (Å²) in [6, 6.07) is -1.51. The second-order valence-corrected chi connectivity index (χ2v) is 21.4. The average Bonchev–Trinajstić information content (AvgIpc) is 4.17. The van der Waals surface area contributed by atoms with Gasteiger partial charge in [0, 0.05) is 35.2 Å². The summed E-state index contributed by atoms with van der Waals surface area (Å²) in [6.07, 6.45) is 1.44. The lowest BCUT2D eigenvalue weighted by atomic mass is 9.74. The van der Waals surface area contributed by atoms with Crippen molar-refractivity contribution in [3.05, 3.63) is 46.5 Å². The molecule has 4 aliphatic heterocycles. The maximum absolute atomic E-state index is 14.6. The molecule has 0 aliphatic carbocycles. The number of benzene rings is 2. The van der Waals surface area contributed by atoms with Gasteiger partial charge in [0.2, 0.25) is 47.3 Å². The summed E-state index contributed by atoms with van der Waals surface area (Å²) in [7, 11) is 2.91. The Morgan fingerprint density at radius 2 is 1.22 bits per heavy atom. The van der Waals surface area contributed by atoms with Crippen LogP contribution in [0.15, 0.2) is 24.3 Å². The zero-order valence-corrected chi connectivity index (χ0v) is 46.0. The fraction of sp³-hybridized carbons (Fsp3) is 0.636. The quantitative estimate of drug-likeness (QED) is 0.136. The lowest BCUT2D eigenvalue weighted by Gasteiger charge is -2.37. The molecule has 22 nitrogen and oxygen atoms in total. The van der Waals surface area contributed by atoms with Gasteiger partial charge in [0.1, 0.15) is 65.3 Å². The summed E-state index contributed by atoms with van der Waals surface area (Å²) >= 11 is 0. The highest BCUT2D eigenvalue weighted by molar-refractivity contribution is 5.98. The summed E-state index contributed by atoms with van der Waals surface area (Å²) in [5.41, 5.74) is 7.18. The van der Waals surface area contributed by atoms with Crippen molar-refractivity contribution in [3.63, 3.8) is 0 Å². The van der Waals surface area contributed by atoms with Crippen LogP contribution >= 0.6 is 0 Å². The predicted octanol–water partition coefficient (Wildman–Crippen LogP) is 1.31. The Balaban J connectivity index is 1.42. The van der Waals surface area contributed by atoms with E-state index in [9.17, 15) is 48.6 Å². The van der Waals surface area contributed by atoms with Crippen molar-refractivity contribution in [1.29, 1.82) is 0 Å². The molecule has 4 aliphatic rings. The average molecular weight is 1080 g/mol. The Hall–Kier alpha value is -6.52. The minimum atomic E-state index is -1.60. The van der Waals surface area contributed by atoms with Gasteiger partial charge in [-0.25, -0.2) is 0 Å². The van der Waals surface area contributed by atoms with Crippen LogP contribution in [0.3, 0.4) is 0 Å². The highest BCUT2D eigenvalue weighted by atomic mass is 16.5. The molecular formula is C55H81N9O13. The van der Waals surface area contributed by atoms with Crippen molar-refractivity contribution in [2.75, 3.05) is 40.5 Å². The minimum absolute atomic E-state index is 0.0176. The van der Waals surface area contributed by atoms with E-state index >= 15 is 0 Å². The van der Waals surface area contributed by atoms with Crippen LogP contribution in [0.2, 0.25) is 0 Å². The minimum Gasteiger partial charge on any atom is -0.496 e. The Morgan fingerprint density at radius 1 is 0.675 bits per heavy atom. The first-order valence-corrected chi connectivity index (χ1v) is 27.1. The van der Waals surface area contributed by atoms with Gasteiger partial charge in [0.25, 0.3) is 0 Å². The van der Waals surface area contributed by atoms with Gasteiger partial charge in [0.05, 0.1) is 45.5 Å². The second-order valence-electron chi connectivity index (χ2n) is 21.4. The summed E-state index contributed by atoms with van der Waals surface area (Å²) < 4.78 is 18.4. The van der Waals surface area contributed by atoms with E-state index in [0.29, 0.717) is 79.6 Å². The number of fused-ring (bicyclic) bond motifs is 2. The van der Waals surface area contributed by atoms with Gasteiger partial charge >= 0.3 is 0 Å². The molecule has 4 heterocycles. The van der Waals surface area contributed by atoms with Crippen LogP contribution in [0.4, 0.5) is 0 Å². The fourth-order valence-corrected chi connectivity index (χ4v) is 10.8. The molecule has 10 atom stereocenters. The normalized spacial score (nSPS) is 26.1. The number of hydrogen-bond acceptors (Lipinski definition) is 14. The molecular weight excluding hydrogens is 995 g/mol. The number of carbonyl (C=O) groups is 8. The number of amides is 8. The molecule has 2 aromatic carbocycles. The Morgan fingerprint density at radius 3 is 1.81 bits per heavy atom. The molecule has 2 aromatic rings. The van der Waals surface area contributed by atoms with Crippen molar-refractivity contribution in [2.24, 2.45) is 17.6 Å². The Bertz CT molecular complexity index is 2520. The largest absolute Gasteiger partial charge is 0.496 e. The van der Waals surface area contributed by atoms with E-state index in [4.69, 9.17) is 19.9 Å². The van der Waals surface area contributed by atoms with Crippen molar-refractivity contribution >= 4 is 47.3 Å². The number of unbranched alkanes of at least 4 members (excludes halogenated alkanes) is 1. The van der Waals surface area contributed by atoms with Crippen LogP contribution in [0.5, 0.6) is 23.0 Å². The van der Waals surface area contributed by atoms with E-state index in [1.54, 1.807) is 19.1 Å². The summed E-state index contributed by atoms with van der Waals surface area (Å²) in [6.45, 7) is 12.3. The van der Waals surface area contributed by atoms with Crippen LogP contribution in [0.25, 0.3) is 0 Å². The van der Waals surface area contributed by atoms with E-state index in [1.165, 1.54) is 30.9 Å². The molecule has 6 rings (SSSR count). The van der Waals surface area contributed by atoms with Gasteiger partial charge in [-0.2, -0.15) is 0 Å². The first kappa shape index (κ1) is 59.7. The smallest absolute Gasteiger partial charge is 0.246 e. The molecule has 22 heteroatoms. The van der Waals surface area contributed by atoms with Crippen LogP contribution in [-0.2, 0) is 56.7 Å². The number of carbonyl (C=O) groups excluding carboxylic acids is 8. The molecule has 0 spiro atoms. The molecule has 0 aromatic heterocycles. The summed E-state index contributed by atoms with van der Waals surface area (Å²) in [4.78, 5) is 118. The number of rotatable bonds is 12. The van der Waals surface area contributed by atoms with E-state index < -0.39 is 120 Å². The third-order valence-corrected chi connectivity index (χ3v) is 15.9. The first-order valence-electron chi connectivity index (χ1n) is 27.1. The van der Waals surface area contributed by atoms with Gasteiger partial charge in [-0.15, -0.1) is 0 Å². The molecule has 10 N–H and O–H groups in total. The van der Waals surface area contributed by atoms with Crippen LogP contribution in [0.1, 0.15) is 129 Å². The highest BCUT2D eigenvalue weighted by Crippen LogP contribution is 2.53. The number of hydrogen-bond donors (Lipinski definition) is 9. The lowest BCUT2D eigenvalue weighted by molar-refractivity contribution is -0.149. The molecule has 0 radical (unpaired) electrons. The Labute approximate surface area is 451 Å². The third kappa shape index (κ3) is 13.1. The Kier molecular flexibility index (Phi) is 20.3. The van der Waals surface area contributed by atoms with Crippen LogP contribution in [0, 0.1) is 11.8 Å². The third-order valence-electron chi connectivity index (χ3n) is 15.9. The SMILES string of the molecule is CC[C@H](C)[C@@H]1NC(=O)[C@@H]2CCCN2C(=O)[C@@H]2CCCN2C(=O)[C@H]([C@@H](C)CC)NC(=O)[C@H](CO)NC(=O)[C@H](CCCCN)NC(=O)[C@H]([C@@H](C)O)NC(=O)Cc2c(OC)ccc3c2Oc2c(ccc(OC)c2CNC1=O)C3(C)C. The summed E-state index contributed by atoms with van der Waals surface area (Å²) in [5.74, 6) is -4.98. The molecule has 0 saturated carbocycles. The molecule has 8 amide bonds. The zero-order chi connectivity index (χ0) is 56.5. The predicted molar refractivity (Wildman–Crippen MR) is 283 cm³/mol. The molecule has 0 unspecified atom stereocenters. The molecule has 77 heavy (non-hydrogen) atoms. The van der Waals surface area contributed by atoms with Crippen molar-refractivity contribution in [1.82, 2.24) is 41.7 Å². The molecule has 2 bridgehead atoms. The first-order chi connectivity index (χ1) is 36.7. The summed E-state index contributed by atoms with van der Waals surface area (Å²) in [5, 5.41) is 38.0. The number of aliphatic hydroxyl groups excluding tert-OH is 2. The maximum atomic E-state index is 14.6. The van der Waals surface area contributed by atoms with Crippen molar-refractivity contribution < 1.29 is 62.8 Å². The molecule has 2 saturated heterocycles. The number of nitrogens with zero attached hydrogens (tertiary/aromatic N) is 2. The van der Waals surface area contributed by atoms with E-state index in [-0.39, 0.29) is 50.0 Å². The van der Waals surface area contributed by atoms with Gasteiger partial charge in [-0.1, -0.05) is 66.5 Å². The second kappa shape index (κ2) is 26.2. The number of methoxy groups -OCH3 is 2. The maximum Gasteiger partial charge on any atom is 0.246 e.